The van der Waals surface area contributed by atoms with E-state index in [1.807, 2.05) is 0 Å². The lowest BCUT2D eigenvalue weighted by atomic mass is 10.1. The lowest BCUT2D eigenvalue weighted by molar-refractivity contribution is -0.120. The molecule has 16 heavy (non-hydrogen) atoms. The van der Waals surface area contributed by atoms with E-state index in [4.69, 9.17) is 28.3 Å². The number of aliphatic hydroxyl groups is 1. The zero-order chi connectivity index (χ0) is 12.1. The second kappa shape index (κ2) is 6.09. The van der Waals surface area contributed by atoms with Crippen molar-refractivity contribution in [2.75, 3.05) is 6.54 Å². The number of aliphatic hydroxyl groups excluding tert-OH is 1. The topological polar surface area (TPSA) is 49.3 Å². The molecule has 2 N–H and O–H groups in total. The van der Waals surface area contributed by atoms with Gasteiger partial charge in [-0.2, -0.15) is 0 Å². The van der Waals surface area contributed by atoms with E-state index in [0.29, 0.717) is 15.6 Å². The van der Waals surface area contributed by atoms with E-state index in [1.165, 1.54) is 0 Å². The van der Waals surface area contributed by atoms with Gasteiger partial charge in [-0.05, 0) is 24.6 Å². The van der Waals surface area contributed by atoms with Crippen molar-refractivity contribution in [2.45, 2.75) is 19.4 Å². The first kappa shape index (κ1) is 13.3. The number of rotatable bonds is 4. The molecule has 0 saturated carbocycles. The van der Waals surface area contributed by atoms with Crippen LogP contribution in [-0.4, -0.2) is 23.7 Å². The van der Waals surface area contributed by atoms with Gasteiger partial charge >= 0.3 is 0 Å². The highest BCUT2D eigenvalue weighted by Gasteiger charge is 2.07. The maximum Gasteiger partial charge on any atom is 0.224 e. The molecule has 0 aliphatic carbocycles. The molecule has 1 aromatic rings. The van der Waals surface area contributed by atoms with E-state index in [-0.39, 0.29) is 18.9 Å². The predicted octanol–water partition coefficient (Wildman–Crippen LogP) is 2.03. The van der Waals surface area contributed by atoms with Crippen LogP contribution in [0.2, 0.25) is 10.0 Å². The summed E-state index contributed by atoms with van der Waals surface area (Å²) in [6.07, 6.45) is -0.368. The van der Waals surface area contributed by atoms with E-state index in [2.05, 4.69) is 5.32 Å². The van der Waals surface area contributed by atoms with Gasteiger partial charge in [0.2, 0.25) is 5.91 Å². The Kier molecular flexibility index (Phi) is 5.06. The van der Waals surface area contributed by atoms with Gasteiger partial charge < -0.3 is 10.4 Å². The normalized spacial score (nSPS) is 12.2. The predicted molar refractivity (Wildman–Crippen MR) is 64.9 cm³/mol. The van der Waals surface area contributed by atoms with Gasteiger partial charge in [-0.1, -0.05) is 29.3 Å². The summed E-state index contributed by atoms with van der Waals surface area (Å²) in [5.41, 5.74) is 0.717. The summed E-state index contributed by atoms with van der Waals surface area (Å²) in [4.78, 5) is 11.4. The Morgan fingerprint density at radius 3 is 2.75 bits per heavy atom. The van der Waals surface area contributed by atoms with Crippen molar-refractivity contribution in [1.29, 1.82) is 0 Å². The Bertz CT molecular complexity index is 380. The highest BCUT2D eigenvalue weighted by molar-refractivity contribution is 6.35. The van der Waals surface area contributed by atoms with Crippen molar-refractivity contribution in [3.05, 3.63) is 33.8 Å². The molecule has 0 aliphatic rings. The minimum absolute atomic E-state index is 0.176. The largest absolute Gasteiger partial charge is 0.392 e. The SMILES string of the molecule is C[C@H](O)CNC(=O)Cc1ccc(Cl)cc1Cl. The van der Waals surface area contributed by atoms with Gasteiger partial charge in [0.25, 0.3) is 0 Å². The molecule has 0 saturated heterocycles. The Labute approximate surface area is 104 Å². The first-order chi connectivity index (χ1) is 7.49. The fraction of sp³-hybridized carbons (Fsp3) is 0.364. The number of carbonyl (C=O) groups is 1. The maximum absolute atomic E-state index is 11.4. The Balaban J connectivity index is 2.56. The van der Waals surface area contributed by atoms with Gasteiger partial charge in [-0.25, -0.2) is 0 Å². The van der Waals surface area contributed by atoms with Crippen molar-refractivity contribution >= 4 is 29.1 Å². The molecule has 0 radical (unpaired) electrons. The zero-order valence-corrected chi connectivity index (χ0v) is 10.3. The van der Waals surface area contributed by atoms with Crippen LogP contribution < -0.4 is 5.32 Å². The average Bonchev–Trinajstić information content (AvgIpc) is 2.19. The van der Waals surface area contributed by atoms with Gasteiger partial charge in [0, 0.05) is 16.6 Å². The molecular weight excluding hydrogens is 249 g/mol. The lowest BCUT2D eigenvalue weighted by Gasteiger charge is -2.08. The Morgan fingerprint density at radius 2 is 2.19 bits per heavy atom. The average molecular weight is 262 g/mol. The molecule has 0 fully saturated rings. The molecule has 5 heteroatoms. The summed E-state index contributed by atoms with van der Waals surface area (Å²) in [5.74, 6) is -0.176. The van der Waals surface area contributed by atoms with E-state index < -0.39 is 6.10 Å². The number of carbonyl (C=O) groups excluding carboxylic acids is 1. The number of benzene rings is 1. The van der Waals surface area contributed by atoms with Crippen molar-refractivity contribution in [2.24, 2.45) is 0 Å². The molecule has 1 atom stereocenters. The smallest absolute Gasteiger partial charge is 0.224 e. The number of hydrogen-bond donors (Lipinski definition) is 2. The van der Waals surface area contributed by atoms with E-state index in [9.17, 15) is 4.79 Å². The van der Waals surface area contributed by atoms with Gasteiger partial charge in [0.1, 0.15) is 0 Å². The second-order valence-corrected chi connectivity index (χ2v) is 4.41. The number of amides is 1. The van der Waals surface area contributed by atoms with Crippen molar-refractivity contribution in [3.63, 3.8) is 0 Å². The third-order valence-corrected chi connectivity index (χ3v) is 2.55. The third kappa shape index (κ3) is 4.39. The molecule has 1 amide bonds. The molecule has 0 aliphatic heterocycles. The van der Waals surface area contributed by atoms with Gasteiger partial charge in [0.15, 0.2) is 0 Å². The Hall–Kier alpha value is -0.770. The second-order valence-electron chi connectivity index (χ2n) is 3.57. The molecule has 3 nitrogen and oxygen atoms in total. The van der Waals surface area contributed by atoms with Crippen LogP contribution in [0.4, 0.5) is 0 Å². The molecule has 1 aromatic carbocycles. The minimum atomic E-state index is -0.551. The summed E-state index contributed by atoms with van der Waals surface area (Å²) in [5, 5.41) is 12.6. The van der Waals surface area contributed by atoms with E-state index >= 15 is 0 Å². The summed E-state index contributed by atoms with van der Waals surface area (Å²) < 4.78 is 0. The standard InChI is InChI=1S/C11H13Cl2NO2/c1-7(15)6-14-11(16)4-8-2-3-9(12)5-10(8)13/h2-3,5,7,15H,4,6H2,1H3,(H,14,16)/t7-/m0/s1. The van der Waals surface area contributed by atoms with Crippen LogP contribution in [0.15, 0.2) is 18.2 Å². The molecule has 1 rings (SSSR count). The number of nitrogens with one attached hydrogen (secondary N) is 1. The summed E-state index contributed by atoms with van der Waals surface area (Å²) in [6, 6.07) is 5.00. The fourth-order valence-corrected chi connectivity index (χ4v) is 1.64. The van der Waals surface area contributed by atoms with E-state index in [0.717, 1.165) is 0 Å². The highest BCUT2D eigenvalue weighted by Crippen LogP contribution is 2.21. The molecule has 0 aromatic heterocycles. The minimum Gasteiger partial charge on any atom is -0.392 e. The van der Waals surface area contributed by atoms with Crippen molar-refractivity contribution in [1.82, 2.24) is 5.32 Å². The molecule has 0 unspecified atom stereocenters. The number of hydrogen-bond acceptors (Lipinski definition) is 2. The summed E-state index contributed by atoms with van der Waals surface area (Å²) >= 11 is 11.7. The van der Waals surface area contributed by atoms with Crippen LogP contribution in [0.1, 0.15) is 12.5 Å². The molecule has 0 heterocycles. The fourth-order valence-electron chi connectivity index (χ4n) is 1.16. The quantitative estimate of drug-likeness (QED) is 0.872. The molecule has 88 valence electrons. The van der Waals surface area contributed by atoms with Gasteiger partial charge in [-0.3, -0.25) is 4.79 Å². The molecular formula is C11H13Cl2NO2. The van der Waals surface area contributed by atoms with Crippen molar-refractivity contribution in [3.8, 4) is 0 Å². The summed E-state index contributed by atoms with van der Waals surface area (Å²) in [6.45, 7) is 1.85. The highest BCUT2D eigenvalue weighted by atomic mass is 35.5. The first-order valence-electron chi connectivity index (χ1n) is 4.87. The van der Waals surface area contributed by atoms with Gasteiger partial charge in [-0.15, -0.1) is 0 Å². The van der Waals surface area contributed by atoms with Crippen molar-refractivity contribution < 1.29 is 9.90 Å². The summed E-state index contributed by atoms with van der Waals surface area (Å²) in [7, 11) is 0. The zero-order valence-electron chi connectivity index (χ0n) is 8.84. The van der Waals surface area contributed by atoms with Crippen LogP contribution in [0.3, 0.4) is 0 Å². The van der Waals surface area contributed by atoms with Gasteiger partial charge in [0.05, 0.1) is 12.5 Å². The lowest BCUT2D eigenvalue weighted by Crippen LogP contribution is -2.31. The maximum atomic E-state index is 11.4. The third-order valence-electron chi connectivity index (χ3n) is 1.96. The molecule has 0 bridgehead atoms. The van der Waals surface area contributed by atoms with E-state index in [1.54, 1.807) is 25.1 Å². The van der Waals surface area contributed by atoms with Crippen LogP contribution in [-0.2, 0) is 11.2 Å². The first-order valence-corrected chi connectivity index (χ1v) is 5.63. The monoisotopic (exact) mass is 261 g/mol. The Morgan fingerprint density at radius 1 is 1.50 bits per heavy atom. The number of halogens is 2. The van der Waals surface area contributed by atoms with Crippen LogP contribution in [0.25, 0.3) is 0 Å². The van der Waals surface area contributed by atoms with Crippen LogP contribution in [0.5, 0.6) is 0 Å². The van der Waals surface area contributed by atoms with Crippen LogP contribution in [0, 0.1) is 0 Å². The molecule has 0 spiro atoms. The van der Waals surface area contributed by atoms with Crippen LogP contribution >= 0.6 is 23.2 Å².